The van der Waals surface area contributed by atoms with Gasteiger partial charge in [0.2, 0.25) is 10.0 Å². The molecule has 1 amide bonds. The lowest BCUT2D eigenvalue weighted by Gasteiger charge is -2.11. The second-order valence-electron chi connectivity index (χ2n) is 6.15. The highest BCUT2D eigenvalue weighted by molar-refractivity contribution is 7.92. The number of carbonyl (C=O) groups excluding carboxylic acids is 1. The van der Waals surface area contributed by atoms with Gasteiger partial charge in [-0.2, -0.15) is 0 Å². The van der Waals surface area contributed by atoms with Gasteiger partial charge >= 0.3 is 0 Å². The zero-order valence-electron chi connectivity index (χ0n) is 15.4. The van der Waals surface area contributed by atoms with Crippen LogP contribution >= 0.6 is 22.9 Å². The molecule has 152 valence electrons. The third-order valence-electron chi connectivity index (χ3n) is 3.86. The van der Waals surface area contributed by atoms with Crippen LogP contribution in [0.25, 0.3) is 22.5 Å². The Hall–Kier alpha value is -2.56. The number of amides is 1. The number of primary amides is 1. The summed E-state index contributed by atoms with van der Waals surface area (Å²) < 4.78 is 38.9. The molecule has 0 aliphatic carbocycles. The van der Waals surface area contributed by atoms with Crippen LogP contribution in [0.5, 0.6) is 0 Å². The summed E-state index contributed by atoms with van der Waals surface area (Å²) in [6.07, 6.45) is 3.62. The van der Waals surface area contributed by atoms with Gasteiger partial charge in [0.05, 0.1) is 24.3 Å². The molecule has 11 heteroatoms. The van der Waals surface area contributed by atoms with E-state index in [1.54, 1.807) is 6.07 Å². The molecule has 0 radical (unpaired) electrons. The number of nitrogens with two attached hydrogens (primary N) is 1. The van der Waals surface area contributed by atoms with Gasteiger partial charge < -0.3 is 5.73 Å². The molecule has 2 aromatic heterocycles. The molecule has 1 aromatic carbocycles. The van der Waals surface area contributed by atoms with Crippen LogP contribution < -0.4 is 10.5 Å². The van der Waals surface area contributed by atoms with Gasteiger partial charge in [-0.1, -0.05) is 18.5 Å². The number of nitrogens with zero attached hydrogens (tertiary/aromatic N) is 2. The van der Waals surface area contributed by atoms with Crippen molar-refractivity contribution in [2.24, 2.45) is 5.73 Å². The van der Waals surface area contributed by atoms with E-state index in [1.165, 1.54) is 23.5 Å². The van der Waals surface area contributed by atoms with Crippen molar-refractivity contribution in [2.45, 2.75) is 13.3 Å². The predicted molar refractivity (Wildman–Crippen MR) is 112 cm³/mol. The molecule has 0 bridgehead atoms. The fourth-order valence-corrected chi connectivity index (χ4v) is 4.75. The number of aryl methyl sites for hydroxylation is 1. The fourth-order valence-electron chi connectivity index (χ4n) is 2.86. The van der Waals surface area contributed by atoms with Gasteiger partial charge in [0.15, 0.2) is 11.6 Å². The Morgan fingerprint density at radius 1 is 1.24 bits per heavy atom. The smallest absolute Gasteiger partial charge is 0.259 e. The maximum Gasteiger partial charge on any atom is 0.259 e. The summed E-state index contributed by atoms with van der Waals surface area (Å²) in [5.41, 5.74) is 7.22. The number of hydrogen-bond donors (Lipinski definition) is 2. The molecule has 0 saturated heterocycles. The topological polar surface area (TPSA) is 115 Å². The van der Waals surface area contributed by atoms with Gasteiger partial charge in [-0.25, -0.2) is 22.8 Å². The van der Waals surface area contributed by atoms with Crippen molar-refractivity contribution in [3.8, 4) is 22.5 Å². The van der Waals surface area contributed by atoms with Gasteiger partial charge in [0.25, 0.3) is 5.91 Å². The molecule has 3 rings (SSSR count). The van der Waals surface area contributed by atoms with Crippen molar-refractivity contribution < 1.29 is 17.6 Å². The van der Waals surface area contributed by atoms with Gasteiger partial charge in [0, 0.05) is 21.0 Å². The SMILES string of the molecule is CCc1sc(C(N)=O)c(-c2cc(Cl)cc(NS(C)(=O)=O)c2)c1-c1ncc(F)cn1. The maximum absolute atomic E-state index is 13.3. The highest BCUT2D eigenvalue weighted by Gasteiger charge is 2.25. The van der Waals surface area contributed by atoms with Crippen LogP contribution in [0.1, 0.15) is 21.5 Å². The van der Waals surface area contributed by atoms with E-state index in [0.29, 0.717) is 23.1 Å². The summed E-state index contributed by atoms with van der Waals surface area (Å²) in [5.74, 6) is -1.04. The van der Waals surface area contributed by atoms with E-state index in [1.807, 2.05) is 6.92 Å². The highest BCUT2D eigenvalue weighted by Crippen LogP contribution is 2.43. The molecule has 3 aromatic rings. The summed E-state index contributed by atoms with van der Waals surface area (Å²) in [4.78, 5) is 21.3. The van der Waals surface area contributed by atoms with Crippen LogP contribution in [0, 0.1) is 5.82 Å². The first kappa shape index (κ1) is 21.2. The van der Waals surface area contributed by atoms with Crippen LogP contribution in [0.3, 0.4) is 0 Å². The number of nitrogens with one attached hydrogen (secondary N) is 1. The van der Waals surface area contributed by atoms with Crippen LogP contribution in [0.4, 0.5) is 10.1 Å². The van der Waals surface area contributed by atoms with E-state index in [2.05, 4.69) is 14.7 Å². The summed E-state index contributed by atoms with van der Waals surface area (Å²) in [6.45, 7) is 1.89. The Kier molecular flexibility index (Phi) is 5.87. The Morgan fingerprint density at radius 3 is 2.45 bits per heavy atom. The lowest BCUT2D eigenvalue weighted by Crippen LogP contribution is -2.11. The van der Waals surface area contributed by atoms with Crippen molar-refractivity contribution >= 4 is 44.6 Å². The van der Waals surface area contributed by atoms with Gasteiger partial charge in [-0.3, -0.25) is 9.52 Å². The number of carbonyl (C=O) groups is 1. The minimum Gasteiger partial charge on any atom is -0.365 e. The first-order chi connectivity index (χ1) is 13.6. The second kappa shape index (κ2) is 8.05. The van der Waals surface area contributed by atoms with Crippen molar-refractivity contribution in [2.75, 3.05) is 11.0 Å². The van der Waals surface area contributed by atoms with Crippen LogP contribution in [0.2, 0.25) is 5.02 Å². The normalized spacial score (nSPS) is 11.4. The quantitative estimate of drug-likeness (QED) is 0.589. The summed E-state index contributed by atoms with van der Waals surface area (Å²) >= 11 is 7.37. The molecule has 3 N–H and O–H groups in total. The first-order valence-electron chi connectivity index (χ1n) is 8.31. The van der Waals surface area contributed by atoms with Crippen molar-refractivity contribution in [1.29, 1.82) is 0 Å². The number of anilines is 1. The summed E-state index contributed by atoms with van der Waals surface area (Å²) in [5, 5.41) is 0.249. The minimum atomic E-state index is -3.55. The Morgan fingerprint density at radius 2 is 1.90 bits per heavy atom. The van der Waals surface area contributed by atoms with E-state index in [9.17, 15) is 17.6 Å². The van der Waals surface area contributed by atoms with E-state index in [-0.39, 0.29) is 21.4 Å². The largest absolute Gasteiger partial charge is 0.365 e. The zero-order valence-corrected chi connectivity index (χ0v) is 17.8. The van der Waals surface area contributed by atoms with Gasteiger partial charge in [-0.05, 0) is 30.2 Å². The molecule has 7 nitrogen and oxygen atoms in total. The fraction of sp³-hybridized carbons (Fsp3) is 0.167. The molecule has 29 heavy (non-hydrogen) atoms. The van der Waals surface area contributed by atoms with E-state index in [0.717, 1.165) is 23.5 Å². The van der Waals surface area contributed by atoms with E-state index in [4.69, 9.17) is 17.3 Å². The Labute approximate surface area is 175 Å². The van der Waals surface area contributed by atoms with Crippen molar-refractivity contribution in [1.82, 2.24) is 9.97 Å². The van der Waals surface area contributed by atoms with Crippen LogP contribution in [-0.2, 0) is 16.4 Å². The lowest BCUT2D eigenvalue weighted by molar-refractivity contribution is 0.100. The second-order valence-corrected chi connectivity index (χ2v) is 9.44. The molecule has 0 atom stereocenters. The minimum absolute atomic E-state index is 0.222. The van der Waals surface area contributed by atoms with Crippen LogP contribution in [-0.4, -0.2) is 30.5 Å². The standard InChI is InChI=1S/C18H16ClFN4O3S2/c1-3-13-15(18-22-7-11(20)8-23-18)14(16(28-13)17(21)25)9-4-10(19)6-12(5-9)24-29(2,26)27/h4-8,24H,3H2,1-2H3,(H2,21,25). The van der Waals surface area contributed by atoms with E-state index >= 15 is 0 Å². The first-order valence-corrected chi connectivity index (χ1v) is 11.4. The van der Waals surface area contributed by atoms with Gasteiger partial charge in [0.1, 0.15) is 4.88 Å². The molecule has 0 spiro atoms. The molecule has 2 heterocycles. The monoisotopic (exact) mass is 454 g/mol. The summed E-state index contributed by atoms with van der Waals surface area (Å²) in [6, 6.07) is 4.56. The molecular formula is C18H16ClFN4O3S2. The number of aromatic nitrogens is 2. The number of hydrogen-bond acceptors (Lipinski definition) is 6. The third kappa shape index (κ3) is 4.72. The maximum atomic E-state index is 13.3. The average Bonchev–Trinajstić information content (AvgIpc) is 3.00. The third-order valence-corrected chi connectivity index (χ3v) is 6.03. The highest BCUT2D eigenvalue weighted by atomic mass is 35.5. The number of benzene rings is 1. The molecule has 0 saturated carbocycles. The lowest BCUT2D eigenvalue weighted by atomic mass is 9.98. The van der Waals surface area contributed by atoms with E-state index < -0.39 is 21.7 Å². The molecule has 0 aliphatic heterocycles. The van der Waals surface area contributed by atoms with Crippen molar-refractivity contribution in [3.63, 3.8) is 0 Å². The Balaban J connectivity index is 2.32. The number of sulfonamides is 1. The van der Waals surface area contributed by atoms with Crippen LogP contribution in [0.15, 0.2) is 30.6 Å². The zero-order chi connectivity index (χ0) is 21.3. The molecule has 0 unspecified atom stereocenters. The van der Waals surface area contributed by atoms with Gasteiger partial charge in [-0.15, -0.1) is 11.3 Å². The average molecular weight is 455 g/mol. The number of halogens is 2. The summed E-state index contributed by atoms with van der Waals surface area (Å²) in [7, 11) is -3.55. The Bertz CT molecular complexity index is 1190. The molecule has 0 aliphatic rings. The number of thiophene rings is 1. The van der Waals surface area contributed by atoms with Crippen molar-refractivity contribution in [3.05, 3.63) is 51.2 Å². The molecular weight excluding hydrogens is 439 g/mol. The number of rotatable bonds is 6. The predicted octanol–water partition coefficient (Wildman–Crippen LogP) is 3.70. The molecule has 0 fully saturated rings.